The molecule has 0 saturated carbocycles. The quantitative estimate of drug-likeness (QED) is 0.728. The fraction of sp³-hybridized carbons (Fsp3) is 1.00. The Balaban J connectivity index is 2.34. The van der Waals surface area contributed by atoms with E-state index in [0.29, 0.717) is 12.0 Å². The van der Waals surface area contributed by atoms with Crippen molar-refractivity contribution in [1.29, 1.82) is 0 Å². The summed E-state index contributed by atoms with van der Waals surface area (Å²) in [5.74, 6) is 1.32. The van der Waals surface area contributed by atoms with Crippen LogP contribution >= 0.6 is 0 Å². The van der Waals surface area contributed by atoms with Gasteiger partial charge in [0.1, 0.15) is 0 Å². The SMILES string of the molecule is CC(C)CC(CN)C1CCCCO1. The van der Waals surface area contributed by atoms with Gasteiger partial charge in [-0.1, -0.05) is 13.8 Å². The molecule has 0 bridgehead atoms. The van der Waals surface area contributed by atoms with Crippen LogP contribution in [-0.4, -0.2) is 19.3 Å². The van der Waals surface area contributed by atoms with Crippen molar-refractivity contribution in [2.24, 2.45) is 17.6 Å². The highest BCUT2D eigenvalue weighted by atomic mass is 16.5. The van der Waals surface area contributed by atoms with E-state index in [4.69, 9.17) is 10.5 Å². The molecule has 1 aliphatic heterocycles. The minimum Gasteiger partial charge on any atom is -0.378 e. The second-order valence-electron chi connectivity index (χ2n) is 4.53. The third-order valence-electron chi connectivity index (χ3n) is 2.82. The van der Waals surface area contributed by atoms with Crippen molar-refractivity contribution in [2.75, 3.05) is 13.2 Å². The molecule has 0 aromatic carbocycles. The molecule has 0 aromatic heterocycles. The topological polar surface area (TPSA) is 35.2 Å². The second kappa shape index (κ2) is 5.61. The average molecular weight is 185 g/mol. The van der Waals surface area contributed by atoms with Crippen LogP contribution in [0.25, 0.3) is 0 Å². The van der Waals surface area contributed by atoms with Crippen LogP contribution in [0.2, 0.25) is 0 Å². The molecule has 0 aromatic rings. The minimum absolute atomic E-state index is 0.446. The molecule has 1 fully saturated rings. The Bertz CT molecular complexity index is 130. The first-order valence-corrected chi connectivity index (χ1v) is 5.55. The summed E-state index contributed by atoms with van der Waals surface area (Å²) >= 11 is 0. The summed E-state index contributed by atoms with van der Waals surface area (Å²) in [5.41, 5.74) is 5.77. The maximum Gasteiger partial charge on any atom is 0.0615 e. The lowest BCUT2D eigenvalue weighted by Gasteiger charge is -2.30. The van der Waals surface area contributed by atoms with Gasteiger partial charge < -0.3 is 10.5 Å². The zero-order valence-electron chi connectivity index (χ0n) is 8.96. The Morgan fingerprint density at radius 2 is 2.15 bits per heavy atom. The first-order chi connectivity index (χ1) is 6.24. The van der Waals surface area contributed by atoms with Crippen molar-refractivity contribution in [2.45, 2.75) is 45.6 Å². The molecule has 2 atom stereocenters. The van der Waals surface area contributed by atoms with E-state index in [1.54, 1.807) is 0 Å². The van der Waals surface area contributed by atoms with Crippen molar-refractivity contribution in [1.82, 2.24) is 0 Å². The van der Waals surface area contributed by atoms with Crippen molar-refractivity contribution in [3.05, 3.63) is 0 Å². The van der Waals surface area contributed by atoms with Crippen molar-refractivity contribution in [3.63, 3.8) is 0 Å². The third kappa shape index (κ3) is 3.65. The highest BCUT2D eigenvalue weighted by Crippen LogP contribution is 2.24. The number of nitrogens with two attached hydrogens (primary N) is 1. The molecule has 2 nitrogen and oxygen atoms in total. The van der Waals surface area contributed by atoms with Crippen LogP contribution in [-0.2, 0) is 4.74 Å². The number of hydrogen-bond acceptors (Lipinski definition) is 2. The summed E-state index contributed by atoms with van der Waals surface area (Å²) < 4.78 is 5.75. The molecular weight excluding hydrogens is 162 g/mol. The Morgan fingerprint density at radius 3 is 2.62 bits per heavy atom. The zero-order chi connectivity index (χ0) is 9.68. The van der Waals surface area contributed by atoms with Crippen molar-refractivity contribution >= 4 is 0 Å². The van der Waals surface area contributed by atoms with E-state index < -0.39 is 0 Å². The normalized spacial score (nSPS) is 26.3. The predicted molar refractivity (Wildman–Crippen MR) is 55.6 cm³/mol. The van der Waals surface area contributed by atoms with E-state index in [1.807, 2.05) is 0 Å². The number of ether oxygens (including phenoxy) is 1. The summed E-state index contributed by atoms with van der Waals surface area (Å²) in [5, 5.41) is 0. The molecule has 2 unspecified atom stereocenters. The van der Waals surface area contributed by atoms with Gasteiger partial charge in [0.2, 0.25) is 0 Å². The lowest BCUT2D eigenvalue weighted by atomic mass is 9.88. The number of rotatable bonds is 4. The van der Waals surface area contributed by atoms with Crippen LogP contribution in [0.15, 0.2) is 0 Å². The lowest BCUT2D eigenvalue weighted by Crippen LogP contribution is -2.33. The summed E-state index contributed by atoms with van der Waals surface area (Å²) in [6, 6.07) is 0. The molecule has 1 rings (SSSR count). The Kier molecular flexibility index (Phi) is 4.74. The molecule has 2 N–H and O–H groups in total. The average Bonchev–Trinajstić information content (AvgIpc) is 2.15. The van der Waals surface area contributed by atoms with Crippen LogP contribution in [0.1, 0.15) is 39.5 Å². The molecule has 13 heavy (non-hydrogen) atoms. The first-order valence-electron chi connectivity index (χ1n) is 5.55. The van der Waals surface area contributed by atoms with Gasteiger partial charge in [0, 0.05) is 6.61 Å². The smallest absolute Gasteiger partial charge is 0.0615 e. The maximum atomic E-state index is 5.77. The monoisotopic (exact) mass is 185 g/mol. The predicted octanol–water partition coefficient (Wildman–Crippen LogP) is 2.18. The van der Waals surface area contributed by atoms with Gasteiger partial charge in [0.25, 0.3) is 0 Å². The van der Waals surface area contributed by atoms with E-state index in [0.717, 1.165) is 19.1 Å². The highest BCUT2D eigenvalue weighted by Gasteiger charge is 2.23. The van der Waals surface area contributed by atoms with Gasteiger partial charge in [-0.2, -0.15) is 0 Å². The molecule has 78 valence electrons. The van der Waals surface area contributed by atoms with Gasteiger partial charge in [0.15, 0.2) is 0 Å². The van der Waals surface area contributed by atoms with Gasteiger partial charge in [-0.3, -0.25) is 0 Å². The van der Waals surface area contributed by atoms with E-state index in [1.165, 1.54) is 25.7 Å². The molecule has 0 amide bonds. The van der Waals surface area contributed by atoms with E-state index in [2.05, 4.69) is 13.8 Å². The van der Waals surface area contributed by atoms with Gasteiger partial charge in [0.05, 0.1) is 6.10 Å². The van der Waals surface area contributed by atoms with Gasteiger partial charge in [-0.15, -0.1) is 0 Å². The molecule has 0 spiro atoms. The van der Waals surface area contributed by atoms with Crippen LogP contribution in [0, 0.1) is 11.8 Å². The standard InChI is InChI=1S/C11H23NO/c1-9(2)7-10(8-12)11-5-3-4-6-13-11/h9-11H,3-8,12H2,1-2H3. The molecule has 0 aliphatic carbocycles. The molecule has 1 saturated heterocycles. The van der Waals surface area contributed by atoms with Crippen LogP contribution in [0.3, 0.4) is 0 Å². The van der Waals surface area contributed by atoms with Gasteiger partial charge >= 0.3 is 0 Å². The molecule has 2 heteroatoms. The minimum atomic E-state index is 0.446. The maximum absolute atomic E-state index is 5.77. The van der Waals surface area contributed by atoms with E-state index in [9.17, 15) is 0 Å². The second-order valence-corrected chi connectivity index (χ2v) is 4.53. The Morgan fingerprint density at radius 1 is 1.38 bits per heavy atom. The zero-order valence-corrected chi connectivity index (χ0v) is 8.96. The fourth-order valence-corrected chi connectivity index (χ4v) is 2.14. The summed E-state index contributed by atoms with van der Waals surface area (Å²) in [6.45, 7) is 6.24. The molecular formula is C11H23NO. The highest BCUT2D eigenvalue weighted by molar-refractivity contribution is 4.75. The van der Waals surface area contributed by atoms with Crippen LogP contribution in [0.4, 0.5) is 0 Å². The number of hydrogen-bond donors (Lipinski definition) is 1. The largest absolute Gasteiger partial charge is 0.378 e. The van der Waals surface area contributed by atoms with Crippen LogP contribution < -0.4 is 5.73 Å². The van der Waals surface area contributed by atoms with Crippen LogP contribution in [0.5, 0.6) is 0 Å². The van der Waals surface area contributed by atoms with E-state index in [-0.39, 0.29) is 0 Å². The fourth-order valence-electron chi connectivity index (χ4n) is 2.14. The Hall–Kier alpha value is -0.0800. The molecule has 0 radical (unpaired) electrons. The van der Waals surface area contributed by atoms with Crippen molar-refractivity contribution < 1.29 is 4.74 Å². The van der Waals surface area contributed by atoms with Crippen molar-refractivity contribution in [3.8, 4) is 0 Å². The molecule has 1 heterocycles. The summed E-state index contributed by atoms with van der Waals surface area (Å²) in [6.07, 6.45) is 5.42. The summed E-state index contributed by atoms with van der Waals surface area (Å²) in [4.78, 5) is 0. The molecule has 1 aliphatic rings. The van der Waals surface area contributed by atoms with E-state index >= 15 is 0 Å². The lowest BCUT2D eigenvalue weighted by molar-refractivity contribution is -0.0235. The first kappa shape index (κ1) is 11.0. The summed E-state index contributed by atoms with van der Waals surface area (Å²) in [7, 11) is 0. The van der Waals surface area contributed by atoms with Gasteiger partial charge in [-0.05, 0) is 44.1 Å². The van der Waals surface area contributed by atoms with Gasteiger partial charge in [-0.25, -0.2) is 0 Å². The Labute approximate surface area is 81.8 Å². The third-order valence-corrected chi connectivity index (χ3v) is 2.82.